The molecule has 1 aliphatic rings. The second kappa shape index (κ2) is 4.79. The normalized spacial score (nSPS) is 14.9. The Kier molecular flexibility index (Phi) is 3.38. The first-order valence-corrected chi connectivity index (χ1v) is 6.04. The molecule has 5 heteroatoms. The van der Waals surface area contributed by atoms with E-state index in [0.717, 1.165) is 19.4 Å². The highest BCUT2D eigenvalue weighted by Crippen LogP contribution is 2.28. The predicted molar refractivity (Wildman–Crippen MR) is 65.7 cm³/mol. The topological polar surface area (TPSA) is 71.5 Å². The number of amides is 1. The van der Waals surface area contributed by atoms with Crippen molar-refractivity contribution in [2.24, 2.45) is 0 Å². The number of hydrogen-bond donors (Lipinski definition) is 2. The molecule has 2 rings (SSSR count). The van der Waals surface area contributed by atoms with Gasteiger partial charge in [0.1, 0.15) is 5.69 Å². The zero-order valence-electron chi connectivity index (χ0n) is 10.1. The second-order valence-corrected chi connectivity index (χ2v) is 4.40. The third-order valence-corrected chi connectivity index (χ3v) is 3.07. The first kappa shape index (κ1) is 12.0. The second-order valence-electron chi connectivity index (χ2n) is 4.40. The molecule has 0 aliphatic heterocycles. The van der Waals surface area contributed by atoms with Crippen molar-refractivity contribution in [2.45, 2.75) is 32.4 Å². The molecule has 1 heterocycles. The van der Waals surface area contributed by atoms with Crippen molar-refractivity contribution in [1.82, 2.24) is 9.47 Å². The van der Waals surface area contributed by atoms with E-state index >= 15 is 0 Å². The number of nitrogen functional groups attached to an aromatic ring is 1. The van der Waals surface area contributed by atoms with Crippen molar-refractivity contribution in [3.05, 3.63) is 18.0 Å². The van der Waals surface area contributed by atoms with Crippen molar-refractivity contribution in [2.75, 3.05) is 18.9 Å². The molecular weight excluding hydrogens is 218 g/mol. The van der Waals surface area contributed by atoms with Gasteiger partial charge in [-0.15, -0.1) is 0 Å². The van der Waals surface area contributed by atoms with Crippen molar-refractivity contribution >= 4 is 11.6 Å². The number of aliphatic hydroxyl groups is 1. The van der Waals surface area contributed by atoms with Gasteiger partial charge in [-0.05, 0) is 25.8 Å². The third-order valence-electron chi connectivity index (χ3n) is 3.07. The molecule has 1 saturated carbocycles. The van der Waals surface area contributed by atoms with Gasteiger partial charge in [-0.1, -0.05) is 0 Å². The summed E-state index contributed by atoms with van der Waals surface area (Å²) in [6.45, 7) is 3.10. The van der Waals surface area contributed by atoms with Gasteiger partial charge in [0.2, 0.25) is 0 Å². The summed E-state index contributed by atoms with van der Waals surface area (Å²) in [5, 5.41) is 9.02. The zero-order chi connectivity index (χ0) is 12.4. The Balaban J connectivity index is 2.21. The van der Waals surface area contributed by atoms with Gasteiger partial charge in [-0.2, -0.15) is 0 Å². The van der Waals surface area contributed by atoms with Crippen molar-refractivity contribution < 1.29 is 9.90 Å². The Morgan fingerprint density at radius 2 is 2.35 bits per heavy atom. The highest BCUT2D eigenvalue weighted by Gasteiger charge is 2.33. The predicted octanol–water partition coefficient (Wildman–Crippen LogP) is 0.687. The minimum Gasteiger partial charge on any atom is -0.397 e. The highest BCUT2D eigenvalue weighted by molar-refractivity contribution is 5.94. The fourth-order valence-electron chi connectivity index (χ4n) is 2.06. The number of hydrogen-bond acceptors (Lipinski definition) is 3. The Bertz CT molecular complexity index is 410. The van der Waals surface area contributed by atoms with Crippen LogP contribution >= 0.6 is 0 Å². The molecule has 1 aliphatic carbocycles. The molecule has 1 aromatic rings. The van der Waals surface area contributed by atoms with Crippen LogP contribution in [0.4, 0.5) is 5.69 Å². The molecule has 5 nitrogen and oxygen atoms in total. The molecule has 0 bridgehead atoms. The molecule has 0 atom stereocenters. The number of nitrogens with two attached hydrogens (primary N) is 1. The summed E-state index contributed by atoms with van der Waals surface area (Å²) in [7, 11) is 0. The van der Waals surface area contributed by atoms with E-state index < -0.39 is 0 Å². The minimum atomic E-state index is -0.0277. The van der Waals surface area contributed by atoms with Crippen LogP contribution in [0.25, 0.3) is 0 Å². The lowest BCUT2D eigenvalue weighted by Gasteiger charge is -2.21. The SMILES string of the molecule is CCn1cc(N)cc1C(=O)N(CCO)C1CC1. The maximum absolute atomic E-state index is 12.3. The molecule has 1 aromatic heterocycles. The van der Waals surface area contributed by atoms with Gasteiger partial charge in [0, 0.05) is 25.3 Å². The Morgan fingerprint density at radius 3 is 2.88 bits per heavy atom. The van der Waals surface area contributed by atoms with E-state index in [9.17, 15) is 4.79 Å². The number of aromatic nitrogens is 1. The summed E-state index contributed by atoms with van der Waals surface area (Å²) >= 11 is 0. The Hall–Kier alpha value is -1.49. The summed E-state index contributed by atoms with van der Waals surface area (Å²) in [4.78, 5) is 14.1. The maximum atomic E-state index is 12.3. The van der Waals surface area contributed by atoms with E-state index in [0.29, 0.717) is 24.0 Å². The Morgan fingerprint density at radius 1 is 1.65 bits per heavy atom. The Labute approximate surface area is 101 Å². The van der Waals surface area contributed by atoms with Crippen LogP contribution in [0.5, 0.6) is 0 Å². The number of anilines is 1. The highest BCUT2D eigenvalue weighted by atomic mass is 16.3. The fourth-order valence-corrected chi connectivity index (χ4v) is 2.06. The lowest BCUT2D eigenvalue weighted by molar-refractivity contribution is 0.0697. The van der Waals surface area contributed by atoms with Crippen LogP contribution in [-0.2, 0) is 6.54 Å². The van der Waals surface area contributed by atoms with Crippen LogP contribution < -0.4 is 5.73 Å². The average molecular weight is 237 g/mol. The van der Waals surface area contributed by atoms with Crippen LogP contribution in [0, 0.1) is 0 Å². The lowest BCUT2D eigenvalue weighted by Crippen LogP contribution is -2.36. The van der Waals surface area contributed by atoms with Gasteiger partial charge >= 0.3 is 0 Å². The molecule has 1 amide bonds. The molecule has 0 saturated heterocycles. The molecular formula is C12H19N3O2. The molecule has 17 heavy (non-hydrogen) atoms. The van der Waals surface area contributed by atoms with Crippen LogP contribution in [0.2, 0.25) is 0 Å². The summed E-state index contributed by atoms with van der Waals surface area (Å²) in [5.41, 5.74) is 6.94. The molecule has 0 unspecified atom stereocenters. The third kappa shape index (κ3) is 2.44. The van der Waals surface area contributed by atoms with Gasteiger partial charge < -0.3 is 20.3 Å². The number of carbonyl (C=O) groups is 1. The first-order valence-electron chi connectivity index (χ1n) is 6.04. The van der Waals surface area contributed by atoms with E-state index in [1.54, 1.807) is 17.2 Å². The monoisotopic (exact) mass is 237 g/mol. The van der Waals surface area contributed by atoms with E-state index in [1.165, 1.54) is 0 Å². The van der Waals surface area contributed by atoms with E-state index in [4.69, 9.17) is 10.8 Å². The summed E-state index contributed by atoms with van der Waals surface area (Å²) in [6.07, 6.45) is 3.85. The average Bonchev–Trinajstić information content (AvgIpc) is 3.08. The maximum Gasteiger partial charge on any atom is 0.270 e. The fraction of sp³-hybridized carbons (Fsp3) is 0.583. The van der Waals surface area contributed by atoms with Crippen molar-refractivity contribution in [1.29, 1.82) is 0 Å². The smallest absolute Gasteiger partial charge is 0.270 e. The van der Waals surface area contributed by atoms with Gasteiger partial charge in [0.05, 0.1) is 12.3 Å². The quantitative estimate of drug-likeness (QED) is 0.791. The standard InChI is InChI=1S/C12H19N3O2/c1-2-14-8-9(13)7-11(14)12(17)15(5-6-16)10-3-4-10/h7-8,10,16H,2-6,13H2,1H3. The van der Waals surface area contributed by atoms with Crippen LogP contribution in [0.15, 0.2) is 12.3 Å². The van der Waals surface area contributed by atoms with Crippen LogP contribution in [0.3, 0.4) is 0 Å². The molecule has 3 N–H and O–H groups in total. The van der Waals surface area contributed by atoms with Crippen molar-refractivity contribution in [3.8, 4) is 0 Å². The van der Waals surface area contributed by atoms with Gasteiger partial charge in [0.15, 0.2) is 0 Å². The molecule has 94 valence electrons. The van der Waals surface area contributed by atoms with Crippen molar-refractivity contribution in [3.63, 3.8) is 0 Å². The molecule has 0 aromatic carbocycles. The molecule has 0 radical (unpaired) electrons. The summed E-state index contributed by atoms with van der Waals surface area (Å²) < 4.78 is 1.85. The van der Waals surface area contributed by atoms with Crippen LogP contribution in [0.1, 0.15) is 30.3 Å². The van der Waals surface area contributed by atoms with E-state index in [2.05, 4.69) is 0 Å². The molecule has 1 fully saturated rings. The number of nitrogens with zero attached hydrogens (tertiary/aromatic N) is 2. The van der Waals surface area contributed by atoms with Crippen LogP contribution in [-0.4, -0.2) is 39.7 Å². The summed E-state index contributed by atoms with van der Waals surface area (Å²) in [5.74, 6) is -0.0277. The van der Waals surface area contributed by atoms with E-state index in [-0.39, 0.29) is 12.5 Å². The zero-order valence-corrected chi connectivity index (χ0v) is 10.1. The largest absolute Gasteiger partial charge is 0.397 e. The minimum absolute atomic E-state index is 0.00452. The number of carbonyl (C=O) groups excluding carboxylic acids is 1. The number of rotatable bonds is 5. The first-order chi connectivity index (χ1) is 8.17. The number of aliphatic hydroxyl groups excluding tert-OH is 1. The van der Waals surface area contributed by atoms with Gasteiger partial charge in [-0.3, -0.25) is 4.79 Å². The van der Waals surface area contributed by atoms with Gasteiger partial charge in [-0.25, -0.2) is 0 Å². The summed E-state index contributed by atoms with van der Waals surface area (Å²) in [6, 6.07) is 2.01. The van der Waals surface area contributed by atoms with E-state index in [1.807, 2.05) is 11.5 Å². The number of aryl methyl sites for hydroxylation is 1. The molecule has 0 spiro atoms. The lowest BCUT2D eigenvalue weighted by atomic mass is 10.3. The van der Waals surface area contributed by atoms with Gasteiger partial charge in [0.25, 0.3) is 5.91 Å².